The summed E-state index contributed by atoms with van der Waals surface area (Å²) in [5.41, 5.74) is 0.984. The van der Waals surface area contributed by atoms with Gasteiger partial charge in [-0.3, -0.25) is 19.7 Å². The van der Waals surface area contributed by atoms with Gasteiger partial charge in [-0.15, -0.1) is 5.10 Å². The molecule has 9 heteroatoms. The summed E-state index contributed by atoms with van der Waals surface area (Å²) >= 11 is 0. The molecule has 0 bridgehead atoms. The number of anilines is 1. The lowest BCUT2D eigenvalue weighted by Crippen LogP contribution is -2.42. The Kier molecular flexibility index (Phi) is 6.03. The van der Waals surface area contributed by atoms with Gasteiger partial charge in [-0.05, 0) is 24.3 Å². The van der Waals surface area contributed by atoms with Crippen LogP contribution in [0.15, 0.2) is 36.7 Å². The molecule has 0 aliphatic heterocycles. The molecule has 1 atom stereocenters. The van der Waals surface area contributed by atoms with Crippen LogP contribution in [0.1, 0.15) is 30.9 Å². The summed E-state index contributed by atoms with van der Waals surface area (Å²) in [6.45, 7) is -0.000170. The summed E-state index contributed by atoms with van der Waals surface area (Å²) in [6.07, 6.45) is 4.50. The van der Waals surface area contributed by atoms with Crippen molar-refractivity contribution >= 4 is 23.7 Å². The first-order chi connectivity index (χ1) is 13.4. The quantitative estimate of drug-likeness (QED) is 0.721. The van der Waals surface area contributed by atoms with Crippen molar-refractivity contribution in [2.75, 3.05) is 19.4 Å². The van der Waals surface area contributed by atoms with Crippen molar-refractivity contribution in [2.24, 2.45) is 5.92 Å². The monoisotopic (exact) mass is 384 g/mol. The molecular weight excluding hydrogens is 360 g/mol. The number of carbonyl (C=O) groups excluding carboxylic acids is 3. The number of nitrogens with zero attached hydrogens (tertiary/aromatic N) is 4. The van der Waals surface area contributed by atoms with Crippen LogP contribution in [0.4, 0.5) is 5.95 Å². The van der Waals surface area contributed by atoms with Gasteiger partial charge in [0.15, 0.2) is 0 Å². The van der Waals surface area contributed by atoms with Gasteiger partial charge in [-0.1, -0.05) is 36.8 Å². The molecule has 0 saturated heterocycles. The summed E-state index contributed by atoms with van der Waals surface area (Å²) in [5.74, 6) is -1.43. The molecule has 1 aliphatic rings. The van der Waals surface area contributed by atoms with Crippen molar-refractivity contribution in [3.8, 4) is 0 Å². The molecule has 0 radical (unpaired) electrons. The number of nitrogens with one attached hydrogen (secondary N) is 2. The van der Waals surface area contributed by atoms with Gasteiger partial charge in [-0.2, -0.15) is 0 Å². The third-order valence-corrected chi connectivity index (χ3v) is 4.83. The number of rotatable bonds is 6. The Morgan fingerprint density at radius 1 is 1.18 bits per heavy atom. The van der Waals surface area contributed by atoms with Crippen molar-refractivity contribution in [3.05, 3.63) is 42.2 Å². The third kappa shape index (κ3) is 4.73. The van der Waals surface area contributed by atoms with Crippen molar-refractivity contribution < 1.29 is 14.4 Å². The maximum Gasteiger partial charge on any atom is 0.316 e. The number of carbonyl (C=O) groups is 3. The molecule has 2 aromatic rings. The van der Waals surface area contributed by atoms with Crippen LogP contribution < -0.4 is 10.6 Å². The topological polar surface area (TPSA) is 109 Å². The lowest BCUT2D eigenvalue weighted by atomic mass is 9.77. The van der Waals surface area contributed by atoms with E-state index >= 15 is 0 Å². The third-order valence-electron chi connectivity index (χ3n) is 4.83. The summed E-state index contributed by atoms with van der Waals surface area (Å²) in [7, 11) is 3.27. The van der Waals surface area contributed by atoms with Crippen molar-refractivity contribution in [1.82, 2.24) is 25.0 Å². The standard InChI is InChI=1S/C19H24N6O3/c1-24(2)15(26)11-25-12-20-19(23-25)22-18(28)17(27)21-16(14-9-6-10-14)13-7-4-3-5-8-13/h3-5,7-8,12,14,16H,6,9-11H2,1-2H3,(H,21,27)(H,22,23,28)/t16-/m1/s1. The fourth-order valence-electron chi connectivity index (χ4n) is 2.98. The first-order valence-electron chi connectivity index (χ1n) is 9.20. The van der Waals surface area contributed by atoms with E-state index in [9.17, 15) is 14.4 Å². The summed E-state index contributed by atoms with van der Waals surface area (Å²) in [4.78, 5) is 41.7. The minimum absolute atomic E-state index is 0.000170. The predicted molar refractivity (Wildman–Crippen MR) is 102 cm³/mol. The van der Waals surface area contributed by atoms with Crippen LogP contribution in [0.3, 0.4) is 0 Å². The van der Waals surface area contributed by atoms with E-state index in [0.29, 0.717) is 5.92 Å². The van der Waals surface area contributed by atoms with Crippen molar-refractivity contribution in [3.63, 3.8) is 0 Å². The number of aromatic nitrogens is 3. The molecule has 0 unspecified atom stereocenters. The zero-order chi connectivity index (χ0) is 20.1. The molecule has 1 fully saturated rings. The van der Waals surface area contributed by atoms with E-state index in [4.69, 9.17) is 0 Å². The Balaban J connectivity index is 1.60. The molecule has 3 rings (SSSR count). The second-order valence-electron chi connectivity index (χ2n) is 7.06. The predicted octanol–water partition coefficient (Wildman–Crippen LogP) is 0.962. The first kappa shape index (κ1) is 19.5. The Morgan fingerprint density at radius 2 is 1.89 bits per heavy atom. The van der Waals surface area contributed by atoms with Crippen LogP contribution in [0.25, 0.3) is 0 Å². The average Bonchev–Trinajstić information content (AvgIpc) is 3.07. The van der Waals surface area contributed by atoms with Crippen LogP contribution in [-0.2, 0) is 20.9 Å². The molecule has 28 heavy (non-hydrogen) atoms. The van der Waals surface area contributed by atoms with E-state index in [2.05, 4.69) is 20.7 Å². The molecule has 9 nitrogen and oxygen atoms in total. The van der Waals surface area contributed by atoms with Crippen molar-refractivity contribution in [1.29, 1.82) is 0 Å². The molecule has 1 aromatic heterocycles. The highest BCUT2D eigenvalue weighted by Gasteiger charge is 2.31. The maximum absolute atomic E-state index is 12.4. The number of amides is 3. The molecule has 3 amide bonds. The molecule has 0 spiro atoms. The van der Waals surface area contributed by atoms with Gasteiger partial charge in [0, 0.05) is 14.1 Å². The second-order valence-corrected chi connectivity index (χ2v) is 7.06. The minimum atomic E-state index is -0.836. The van der Waals surface area contributed by atoms with Gasteiger partial charge >= 0.3 is 11.8 Å². The molecule has 1 heterocycles. The first-order valence-corrected chi connectivity index (χ1v) is 9.20. The van der Waals surface area contributed by atoms with Crippen LogP contribution in [0.5, 0.6) is 0 Å². The minimum Gasteiger partial charge on any atom is -0.347 e. The van der Waals surface area contributed by atoms with Crippen LogP contribution >= 0.6 is 0 Å². The Hall–Kier alpha value is -3.23. The normalized spacial score (nSPS) is 14.6. The van der Waals surface area contributed by atoms with Gasteiger partial charge < -0.3 is 10.2 Å². The average molecular weight is 384 g/mol. The maximum atomic E-state index is 12.4. The molecular formula is C19H24N6O3. The van der Waals surface area contributed by atoms with E-state index in [1.54, 1.807) is 14.1 Å². The molecule has 2 N–H and O–H groups in total. The Labute approximate surface area is 163 Å². The summed E-state index contributed by atoms with van der Waals surface area (Å²) in [6, 6.07) is 9.45. The molecule has 1 aliphatic carbocycles. The highest BCUT2D eigenvalue weighted by atomic mass is 16.2. The van der Waals surface area contributed by atoms with Crippen LogP contribution in [0.2, 0.25) is 0 Å². The summed E-state index contributed by atoms with van der Waals surface area (Å²) in [5, 5.41) is 9.21. The van der Waals surface area contributed by atoms with Gasteiger partial charge in [-0.25, -0.2) is 9.67 Å². The zero-order valence-corrected chi connectivity index (χ0v) is 16.0. The number of hydrogen-bond donors (Lipinski definition) is 2. The fraction of sp³-hybridized carbons (Fsp3) is 0.421. The SMILES string of the molecule is CN(C)C(=O)Cn1cnc(NC(=O)C(=O)N[C@H](c2ccccc2)C2CCC2)n1. The highest BCUT2D eigenvalue weighted by molar-refractivity contribution is 6.39. The zero-order valence-electron chi connectivity index (χ0n) is 16.0. The Morgan fingerprint density at radius 3 is 2.50 bits per heavy atom. The highest BCUT2D eigenvalue weighted by Crippen LogP contribution is 2.37. The van der Waals surface area contributed by atoms with E-state index in [0.717, 1.165) is 24.8 Å². The molecule has 148 valence electrons. The van der Waals surface area contributed by atoms with Gasteiger partial charge in [0.2, 0.25) is 11.9 Å². The van der Waals surface area contributed by atoms with Crippen molar-refractivity contribution in [2.45, 2.75) is 31.8 Å². The van der Waals surface area contributed by atoms with Crippen LogP contribution in [-0.4, -0.2) is 51.5 Å². The van der Waals surface area contributed by atoms with Crippen LogP contribution in [0, 0.1) is 5.92 Å². The van der Waals surface area contributed by atoms with E-state index in [1.165, 1.54) is 15.9 Å². The van der Waals surface area contributed by atoms with E-state index in [1.807, 2.05) is 30.3 Å². The van der Waals surface area contributed by atoms with Gasteiger partial charge in [0.05, 0.1) is 6.04 Å². The number of likely N-dealkylation sites (N-methyl/N-ethyl adjacent to an activating group) is 1. The number of hydrogen-bond acceptors (Lipinski definition) is 5. The van der Waals surface area contributed by atoms with Gasteiger partial charge in [0.1, 0.15) is 12.9 Å². The number of benzene rings is 1. The lowest BCUT2D eigenvalue weighted by molar-refractivity contribution is -0.137. The molecule has 1 aromatic carbocycles. The lowest BCUT2D eigenvalue weighted by Gasteiger charge is -2.34. The Bertz CT molecular complexity index is 844. The van der Waals surface area contributed by atoms with Gasteiger partial charge in [0.25, 0.3) is 0 Å². The van der Waals surface area contributed by atoms with E-state index < -0.39 is 11.8 Å². The van der Waals surface area contributed by atoms with E-state index in [-0.39, 0.29) is 24.4 Å². The fourth-order valence-corrected chi connectivity index (χ4v) is 2.98. The second kappa shape index (κ2) is 8.64. The largest absolute Gasteiger partial charge is 0.347 e. The summed E-state index contributed by atoms with van der Waals surface area (Å²) < 4.78 is 1.30. The molecule has 1 saturated carbocycles. The smallest absolute Gasteiger partial charge is 0.316 e.